The monoisotopic (exact) mass is 575 g/mol. The van der Waals surface area contributed by atoms with Crippen LogP contribution in [0.5, 0.6) is 11.5 Å². The van der Waals surface area contributed by atoms with E-state index < -0.39 is 29.0 Å². The fourth-order valence-electron chi connectivity index (χ4n) is 4.54. The van der Waals surface area contributed by atoms with Crippen LogP contribution in [0.2, 0.25) is 0 Å². The highest BCUT2D eigenvalue weighted by Gasteiger charge is 2.52. The zero-order chi connectivity index (χ0) is 29.9. The number of Topliss-reactive ketones (excluding diaryl/α,β-unsaturated/α-hetero) is 2. The van der Waals surface area contributed by atoms with Crippen LogP contribution in [0.4, 0.5) is 10.1 Å². The lowest BCUT2D eigenvalue weighted by molar-refractivity contribution is -0.167. The molecule has 41 heavy (non-hydrogen) atoms. The minimum atomic E-state index is -2.07. The Labute approximate surface area is 244 Å². The van der Waals surface area contributed by atoms with Crippen molar-refractivity contribution in [3.8, 4) is 11.5 Å². The normalized spacial score (nSPS) is 20.1. The first-order chi connectivity index (χ1) is 19.4. The molecule has 0 radical (unpaired) electrons. The average Bonchev–Trinajstić information content (AvgIpc) is 2.93. The van der Waals surface area contributed by atoms with Gasteiger partial charge in [0.25, 0.3) is 0 Å². The molecule has 2 aromatic carbocycles. The van der Waals surface area contributed by atoms with Gasteiger partial charge in [0.2, 0.25) is 17.2 Å². The van der Waals surface area contributed by atoms with E-state index in [1.165, 1.54) is 19.1 Å². The number of rotatable bonds is 8. The number of hydrogen-bond acceptors (Lipinski definition) is 6. The van der Waals surface area contributed by atoms with Crippen molar-refractivity contribution in [1.29, 1.82) is 0 Å². The molecule has 6 nitrogen and oxygen atoms in total. The van der Waals surface area contributed by atoms with E-state index >= 15 is 0 Å². The highest BCUT2D eigenvalue weighted by molar-refractivity contribution is 6.49. The standard InChI is InChI=1S/C33H31ClFNO5/c1-6-20(2)16-21(3)10-11-25-18-28-29(31(38)33(5,41-22(4)37)32(39)30(28)34)19-36(25)24-12-14-26(15-13-24)40-27-9-7-8-23(35)17-27/h7-20H,6H2,1-5H3/b11-10+,21-16+/t20-,33+/m0/s1. The first-order valence-corrected chi connectivity index (χ1v) is 13.6. The van der Waals surface area contributed by atoms with E-state index in [0.29, 0.717) is 28.8 Å². The Morgan fingerprint density at radius 3 is 2.44 bits per heavy atom. The fourth-order valence-corrected chi connectivity index (χ4v) is 4.87. The van der Waals surface area contributed by atoms with Crippen molar-refractivity contribution in [2.24, 2.45) is 5.92 Å². The molecule has 1 heterocycles. The molecule has 0 aromatic heterocycles. The summed E-state index contributed by atoms with van der Waals surface area (Å²) < 4.78 is 24.6. The van der Waals surface area contributed by atoms with Crippen molar-refractivity contribution in [1.82, 2.24) is 0 Å². The van der Waals surface area contributed by atoms with Crippen LogP contribution in [0.1, 0.15) is 41.0 Å². The fraction of sp³-hybridized carbons (Fsp3) is 0.242. The SMILES string of the molecule is CC[C@H](C)/C=C(C)/C=C/C1=CC2=C(Cl)C(=O)[C@](C)(OC(C)=O)C(=O)C2=CN1c1ccc(Oc2cccc(F)c2)cc1. The number of benzene rings is 2. The molecule has 1 aliphatic carbocycles. The summed E-state index contributed by atoms with van der Waals surface area (Å²) in [6, 6.07) is 12.9. The zero-order valence-corrected chi connectivity index (χ0v) is 24.3. The molecule has 0 spiro atoms. The molecule has 4 rings (SSSR count). The molecule has 0 saturated heterocycles. The topological polar surface area (TPSA) is 72.9 Å². The summed E-state index contributed by atoms with van der Waals surface area (Å²) >= 11 is 6.50. The zero-order valence-electron chi connectivity index (χ0n) is 23.5. The van der Waals surface area contributed by atoms with Crippen LogP contribution in [-0.4, -0.2) is 23.1 Å². The van der Waals surface area contributed by atoms with Gasteiger partial charge in [-0.25, -0.2) is 4.39 Å². The molecular weight excluding hydrogens is 545 g/mol. The Morgan fingerprint density at radius 1 is 1.10 bits per heavy atom. The van der Waals surface area contributed by atoms with Crippen molar-refractivity contribution >= 4 is 34.8 Å². The van der Waals surface area contributed by atoms with Crippen LogP contribution in [0.3, 0.4) is 0 Å². The lowest BCUT2D eigenvalue weighted by Gasteiger charge is -2.35. The number of esters is 1. The molecule has 0 saturated carbocycles. The van der Waals surface area contributed by atoms with Crippen molar-refractivity contribution in [2.45, 2.75) is 46.6 Å². The molecule has 0 N–H and O–H groups in total. The molecule has 0 amide bonds. The summed E-state index contributed by atoms with van der Waals surface area (Å²) in [5.41, 5.74) is 0.710. The van der Waals surface area contributed by atoms with Crippen molar-refractivity contribution < 1.29 is 28.2 Å². The van der Waals surface area contributed by atoms with Crippen LogP contribution < -0.4 is 9.64 Å². The van der Waals surface area contributed by atoms with E-state index in [4.69, 9.17) is 21.1 Å². The lowest BCUT2D eigenvalue weighted by Crippen LogP contribution is -2.52. The number of fused-ring (bicyclic) bond motifs is 1. The van der Waals surface area contributed by atoms with E-state index in [2.05, 4.69) is 19.9 Å². The maximum Gasteiger partial charge on any atom is 0.304 e. The number of ether oxygens (including phenoxy) is 2. The van der Waals surface area contributed by atoms with Crippen LogP contribution in [0, 0.1) is 11.7 Å². The van der Waals surface area contributed by atoms with Gasteiger partial charge in [-0.2, -0.15) is 0 Å². The third-order valence-electron chi connectivity index (χ3n) is 6.87. The van der Waals surface area contributed by atoms with Gasteiger partial charge in [0.1, 0.15) is 17.3 Å². The van der Waals surface area contributed by atoms with E-state index in [1.807, 2.05) is 19.1 Å². The first-order valence-electron chi connectivity index (χ1n) is 13.2. The Balaban J connectivity index is 1.77. The predicted molar refractivity (Wildman–Crippen MR) is 157 cm³/mol. The molecular formula is C33H31ClFNO5. The van der Waals surface area contributed by atoms with Gasteiger partial charge < -0.3 is 14.4 Å². The van der Waals surface area contributed by atoms with Gasteiger partial charge >= 0.3 is 5.97 Å². The average molecular weight is 576 g/mol. The number of carbonyl (C=O) groups is 3. The second-order valence-electron chi connectivity index (χ2n) is 10.2. The number of hydrogen-bond donors (Lipinski definition) is 0. The summed E-state index contributed by atoms with van der Waals surface area (Å²) in [5, 5.41) is -0.184. The molecule has 1 aliphatic heterocycles. The largest absolute Gasteiger partial charge is 0.457 e. The number of ketones is 2. The summed E-state index contributed by atoms with van der Waals surface area (Å²) in [5.74, 6) is -1.37. The summed E-state index contributed by atoms with van der Waals surface area (Å²) in [6.45, 7) is 8.64. The van der Waals surface area contributed by atoms with Gasteiger partial charge in [-0.15, -0.1) is 0 Å². The predicted octanol–water partition coefficient (Wildman–Crippen LogP) is 7.72. The van der Waals surface area contributed by atoms with Gasteiger partial charge in [-0.05, 0) is 68.3 Å². The third kappa shape index (κ3) is 6.41. The number of carbonyl (C=O) groups excluding carboxylic acids is 3. The Hall–Kier alpha value is -4.23. The first kappa shape index (κ1) is 29.7. The quantitative estimate of drug-likeness (QED) is 0.182. The van der Waals surface area contributed by atoms with Gasteiger partial charge in [0.15, 0.2) is 0 Å². The molecule has 2 aromatic rings. The molecule has 212 valence electrons. The van der Waals surface area contributed by atoms with Gasteiger partial charge in [-0.3, -0.25) is 14.4 Å². The molecule has 2 aliphatic rings. The van der Waals surface area contributed by atoms with Crippen molar-refractivity contribution in [2.75, 3.05) is 4.90 Å². The highest BCUT2D eigenvalue weighted by atomic mass is 35.5. The van der Waals surface area contributed by atoms with Crippen LogP contribution >= 0.6 is 11.6 Å². The highest BCUT2D eigenvalue weighted by Crippen LogP contribution is 2.41. The van der Waals surface area contributed by atoms with Crippen LogP contribution in [0.25, 0.3) is 0 Å². The molecule has 0 bridgehead atoms. The Bertz CT molecular complexity index is 1550. The van der Waals surface area contributed by atoms with E-state index in [0.717, 1.165) is 18.9 Å². The maximum absolute atomic E-state index is 13.6. The molecule has 0 fully saturated rings. The summed E-state index contributed by atoms with van der Waals surface area (Å²) in [4.78, 5) is 40.2. The Morgan fingerprint density at radius 2 is 1.80 bits per heavy atom. The summed E-state index contributed by atoms with van der Waals surface area (Å²) in [6.07, 6.45) is 10.3. The molecule has 2 atom stereocenters. The van der Waals surface area contributed by atoms with Crippen molar-refractivity contribution in [3.63, 3.8) is 0 Å². The van der Waals surface area contributed by atoms with Crippen LogP contribution in [0.15, 0.2) is 106 Å². The second-order valence-corrected chi connectivity index (χ2v) is 10.6. The number of anilines is 1. The second kappa shape index (κ2) is 12.1. The van der Waals surface area contributed by atoms with E-state index in [9.17, 15) is 18.8 Å². The smallest absolute Gasteiger partial charge is 0.304 e. The van der Waals surface area contributed by atoms with Gasteiger partial charge in [0, 0.05) is 41.7 Å². The minimum absolute atomic E-state index is 0.141. The van der Waals surface area contributed by atoms with E-state index in [-0.39, 0.29) is 16.2 Å². The van der Waals surface area contributed by atoms with Gasteiger partial charge in [-0.1, -0.05) is 55.7 Å². The number of halogens is 2. The third-order valence-corrected chi connectivity index (χ3v) is 7.24. The van der Waals surface area contributed by atoms with Crippen LogP contribution in [-0.2, 0) is 19.1 Å². The van der Waals surface area contributed by atoms with Crippen molar-refractivity contribution in [3.05, 3.63) is 112 Å². The lowest BCUT2D eigenvalue weighted by atomic mass is 9.79. The number of allylic oxidation sites excluding steroid dienone is 6. The maximum atomic E-state index is 13.6. The summed E-state index contributed by atoms with van der Waals surface area (Å²) in [7, 11) is 0. The van der Waals surface area contributed by atoms with E-state index in [1.54, 1.807) is 53.6 Å². The Kier molecular flexibility index (Phi) is 8.78. The minimum Gasteiger partial charge on any atom is -0.457 e. The molecule has 0 unspecified atom stereocenters. The van der Waals surface area contributed by atoms with Gasteiger partial charge in [0.05, 0.1) is 5.03 Å². The molecule has 8 heteroatoms. The number of nitrogens with zero attached hydrogens (tertiary/aromatic N) is 1.